The Kier molecular flexibility index (Phi) is 7.31. The molecular weight excluding hydrogens is 428 g/mol. The maximum absolute atomic E-state index is 11.7. The van der Waals surface area contributed by atoms with E-state index in [1.54, 1.807) is 50.3 Å². The number of aliphatic hydroxyl groups excluding tert-OH is 1. The number of carbonyl (C=O) groups excluding carboxylic acids is 1. The molecule has 2 aliphatic rings. The molecule has 3 heterocycles. The number of carbonyl (C=O) groups is 1. The fourth-order valence-electron chi connectivity index (χ4n) is 4.67. The molecule has 0 aromatic carbocycles. The Bertz CT molecular complexity index is 1020. The first-order valence-electron chi connectivity index (χ1n) is 11.0. The van der Waals surface area contributed by atoms with Gasteiger partial charge in [0.15, 0.2) is 6.10 Å². The lowest BCUT2D eigenvalue weighted by atomic mass is 9.77. The predicted octanol–water partition coefficient (Wildman–Crippen LogP) is 3.10. The highest BCUT2D eigenvalue weighted by Gasteiger charge is 2.69. The molecule has 2 aliphatic heterocycles. The Labute approximate surface area is 193 Å². The normalized spacial score (nSPS) is 33.9. The number of hydrogen-bond donors (Lipinski definition) is 1. The fraction of sp³-hybridized carbons (Fsp3) is 0.520. The van der Waals surface area contributed by atoms with E-state index in [9.17, 15) is 14.7 Å². The first-order valence-corrected chi connectivity index (χ1v) is 11.0. The number of aliphatic hydroxyl groups is 1. The van der Waals surface area contributed by atoms with Crippen LogP contribution in [-0.4, -0.2) is 53.8 Å². The van der Waals surface area contributed by atoms with Crippen molar-refractivity contribution in [1.82, 2.24) is 0 Å². The van der Waals surface area contributed by atoms with Gasteiger partial charge in [-0.3, -0.25) is 4.79 Å². The van der Waals surface area contributed by atoms with E-state index in [-0.39, 0.29) is 6.10 Å². The number of hydrogen-bond acceptors (Lipinski definition) is 8. The minimum atomic E-state index is -1.08. The molecule has 1 aromatic heterocycles. The van der Waals surface area contributed by atoms with Crippen molar-refractivity contribution in [2.45, 2.75) is 76.7 Å². The molecule has 0 radical (unpaired) electrons. The zero-order valence-corrected chi connectivity index (χ0v) is 19.9. The van der Waals surface area contributed by atoms with Crippen molar-refractivity contribution in [3.8, 4) is 5.75 Å². The second kappa shape index (κ2) is 9.67. The van der Waals surface area contributed by atoms with Gasteiger partial charge in [-0.25, -0.2) is 4.79 Å². The highest BCUT2D eigenvalue weighted by molar-refractivity contribution is 5.66. The smallest absolute Gasteiger partial charge is 0.339 e. The summed E-state index contributed by atoms with van der Waals surface area (Å²) in [5.41, 5.74) is -1.73. The monoisotopic (exact) mass is 460 g/mol. The van der Waals surface area contributed by atoms with E-state index in [2.05, 4.69) is 0 Å². The first kappa shape index (κ1) is 25.0. The van der Waals surface area contributed by atoms with E-state index in [1.165, 1.54) is 20.1 Å². The second-order valence-electron chi connectivity index (χ2n) is 8.65. The number of allylic oxidation sites excluding steroid dienone is 4. The minimum Gasteiger partial charge on any atom is -0.496 e. The van der Waals surface area contributed by atoms with Crippen LogP contribution >= 0.6 is 0 Å². The number of ether oxygens (including phenoxy) is 4. The average Bonchev–Trinajstić information content (AvgIpc) is 2.93. The van der Waals surface area contributed by atoms with Crippen LogP contribution in [0.3, 0.4) is 0 Å². The highest BCUT2D eigenvalue weighted by atomic mass is 16.7. The van der Waals surface area contributed by atoms with Gasteiger partial charge >= 0.3 is 11.6 Å². The van der Waals surface area contributed by atoms with Crippen LogP contribution in [-0.2, 0) is 19.0 Å². The molecule has 33 heavy (non-hydrogen) atoms. The van der Waals surface area contributed by atoms with Crippen molar-refractivity contribution in [2.75, 3.05) is 7.11 Å². The lowest BCUT2D eigenvalue weighted by Gasteiger charge is -2.47. The Balaban J connectivity index is 1.73. The molecule has 2 bridgehead atoms. The minimum absolute atomic E-state index is 0.320. The summed E-state index contributed by atoms with van der Waals surface area (Å²) in [6.07, 6.45) is 8.37. The van der Waals surface area contributed by atoms with E-state index < -0.39 is 41.1 Å². The molecule has 0 spiro atoms. The second-order valence-corrected chi connectivity index (χ2v) is 8.65. The fourth-order valence-corrected chi connectivity index (χ4v) is 4.67. The molecule has 1 N–H and O–H groups in total. The van der Waals surface area contributed by atoms with Gasteiger partial charge in [-0.2, -0.15) is 0 Å². The number of fused-ring (bicyclic) bond motifs is 2. The molecule has 2 fully saturated rings. The van der Waals surface area contributed by atoms with Crippen LogP contribution in [0.5, 0.6) is 5.75 Å². The zero-order chi connectivity index (χ0) is 24.4. The average molecular weight is 461 g/mol. The molecule has 0 aliphatic carbocycles. The molecule has 180 valence electrons. The third-order valence-electron chi connectivity index (χ3n) is 6.32. The van der Waals surface area contributed by atoms with Gasteiger partial charge in [0, 0.05) is 12.5 Å². The molecule has 0 saturated carbocycles. The van der Waals surface area contributed by atoms with Gasteiger partial charge in [-0.15, -0.1) is 0 Å². The quantitative estimate of drug-likeness (QED) is 0.489. The van der Waals surface area contributed by atoms with Crippen LogP contribution in [0, 0.1) is 6.92 Å². The Morgan fingerprint density at radius 1 is 1.18 bits per heavy atom. The zero-order valence-electron chi connectivity index (χ0n) is 19.9. The van der Waals surface area contributed by atoms with E-state index in [1.807, 2.05) is 13.8 Å². The van der Waals surface area contributed by atoms with Gasteiger partial charge in [0.25, 0.3) is 0 Å². The molecule has 6 atom stereocenters. The third-order valence-corrected chi connectivity index (χ3v) is 6.32. The van der Waals surface area contributed by atoms with Gasteiger partial charge in [-0.1, -0.05) is 37.3 Å². The van der Waals surface area contributed by atoms with Crippen molar-refractivity contribution < 1.29 is 33.3 Å². The summed E-state index contributed by atoms with van der Waals surface area (Å²) in [5.74, 6) is 0.435. The van der Waals surface area contributed by atoms with Gasteiger partial charge in [0.2, 0.25) is 0 Å². The molecule has 8 nitrogen and oxygen atoms in total. The summed E-state index contributed by atoms with van der Waals surface area (Å²) < 4.78 is 28.3. The van der Waals surface area contributed by atoms with Gasteiger partial charge in [0.1, 0.15) is 34.9 Å². The van der Waals surface area contributed by atoms with Crippen LogP contribution in [0.15, 0.2) is 45.7 Å². The maximum Gasteiger partial charge on any atom is 0.339 e. The summed E-state index contributed by atoms with van der Waals surface area (Å²) in [7, 11) is 1.50. The SMILES string of the molecule is CC[C@@H]1O[C@@]2(C)C(OC(C)=O)[C@]1(C)O[C@H](/C=C/C=C/C=C/c1oc(=O)cc(OC)c1C)[C@@H]2O. The Morgan fingerprint density at radius 2 is 1.88 bits per heavy atom. The maximum atomic E-state index is 11.7. The van der Waals surface area contributed by atoms with Crippen molar-refractivity contribution in [3.05, 3.63) is 58.2 Å². The lowest BCUT2D eigenvalue weighted by Crippen LogP contribution is -2.65. The summed E-state index contributed by atoms with van der Waals surface area (Å²) in [5, 5.41) is 11.0. The van der Waals surface area contributed by atoms with Gasteiger partial charge in [0.05, 0.1) is 19.3 Å². The first-order chi connectivity index (χ1) is 15.6. The summed E-state index contributed by atoms with van der Waals surface area (Å²) in [6.45, 7) is 8.71. The molecule has 0 amide bonds. The van der Waals surface area contributed by atoms with Crippen LogP contribution in [0.25, 0.3) is 6.08 Å². The number of methoxy groups -OCH3 is 1. The van der Waals surface area contributed by atoms with E-state index in [4.69, 9.17) is 23.4 Å². The third kappa shape index (κ3) is 4.69. The Morgan fingerprint density at radius 3 is 2.52 bits per heavy atom. The largest absolute Gasteiger partial charge is 0.496 e. The number of esters is 1. The molecule has 1 unspecified atom stereocenters. The van der Waals surface area contributed by atoms with Gasteiger partial charge < -0.3 is 28.5 Å². The molecule has 1 aromatic rings. The van der Waals surface area contributed by atoms with E-state index in [0.717, 1.165) is 5.56 Å². The lowest BCUT2D eigenvalue weighted by molar-refractivity contribution is -0.235. The molecule has 8 heteroatoms. The van der Waals surface area contributed by atoms with E-state index >= 15 is 0 Å². The predicted molar refractivity (Wildman–Crippen MR) is 122 cm³/mol. The van der Waals surface area contributed by atoms with Crippen LogP contribution in [0.1, 0.15) is 45.4 Å². The Hall–Kier alpha value is -2.68. The number of rotatable bonds is 7. The molecule has 3 rings (SSSR count). The van der Waals surface area contributed by atoms with E-state index in [0.29, 0.717) is 17.9 Å². The van der Waals surface area contributed by atoms with Crippen molar-refractivity contribution in [3.63, 3.8) is 0 Å². The van der Waals surface area contributed by atoms with Crippen LogP contribution < -0.4 is 10.4 Å². The van der Waals surface area contributed by atoms with Crippen molar-refractivity contribution in [2.24, 2.45) is 0 Å². The molecule has 2 saturated heterocycles. The van der Waals surface area contributed by atoms with Crippen molar-refractivity contribution in [1.29, 1.82) is 0 Å². The van der Waals surface area contributed by atoms with Crippen LogP contribution in [0.2, 0.25) is 0 Å². The summed E-state index contributed by atoms with van der Waals surface area (Å²) in [4.78, 5) is 23.3. The standard InChI is InChI=1S/C25H32O8/c1-7-20-24(4)23(30-16(3)26)25(5,33-20)22(28)18(32-24)13-11-9-8-10-12-17-15(2)19(29-6)14-21(27)31-17/h8-14,18,20,22-23,28H,7H2,1-6H3/b9-8+,12-10+,13-11+/t18-,20+,22+,23?,24-,25-/m1/s1. The van der Waals surface area contributed by atoms with Crippen molar-refractivity contribution >= 4 is 12.0 Å². The summed E-state index contributed by atoms with van der Waals surface area (Å²) in [6, 6.07) is 1.30. The summed E-state index contributed by atoms with van der Waals surface area (Å²) >= 11 is 0. The molecular formula is C25H32O8. The van der Waals surface area contributed by atoms with Gasteiger partial charge in [-0.05, 0) is 33.3 Å². The van der Waals surface area contributed by atoms with Crippen LogP contribution in [0.4, 0.5) is 0 Å². The topological polar surface area (TPSA) is 104 Å². The highest BCUT2D eigenvalue weighted by Crippen LogP contribution is 2.51.